The number of nitrogens with zero attached hydrogens (tertiary/aromatic N) is 2. The summed E-state index contributed by atoms with van der Waals surface area (Å²) in [5.74, 6) is -0.235. The Bertz CT molecular complexity index is 1150. The minimum absolute atomic E-state index is 0.107. The zero-order valence-corrected chi connectivity index (χ0v) is 17.0. The SMILES string of the molecule is Cc1c(C(=O)OCC(=O)N[C@@H](C)c2ccccc2)sc2nc3n(c(=O)c12)CCC3. The maximum atomic E-state index is 12.7. The second kappa shape index (κ2) is 7.79. The second-order valence-electron chi connectivity index (χ2n) is 7.10. The van der Waals surface area contributed by atoms with Crippen LogP contribution in [0.3, 0.4) is 0 Å². The predicted octanol–water partition coefficient (Wildman–Crippen LogP) is 2.75. The number of ether oxygens (including phenoxy) is 1. The number of hydrogen-bond donors (Lipinski definition) is 1. The van der Waals surface area contributed by atoms with Gasteiger partial charge in [-0.3, -0.25) is 14.2 Å². The number of hydrogen-bond acceptors (Lipinski definition) is 6. The van der Waals surface area contributed by atoms with Crippen molar-refractivity contribution in [3.8, 4) is 0 Å². The van der Waals surface area contributed by atoms with Gasteiger partial charge in [-0.2, -0.15) is 0 Å². The van der Waals surface area contributed by atoms with Crippen molar-refractivity contribution in [3.05, 3.63) is 62.5 Å². The van der Waals surface area contributed by atoms with E-state index in [1.165, 1.54) is 0 Å². The lowest BCUT2D eigenvalue weighted by Gasteiger charge is -2.14. The molecule has 3 heterocycles. The molecule has 150 valence electrons. The molecule has 8 heteroatoms. The van der Waals surface area contributed by atoms with Crippen LogP contribution in [0.5, 0.6) is 0 Å². The zero-order valence-electron chi connectivity index (χ0n) is 16.2. The predicted molar refractivity (Wildman–Crippen MR) is 110 cm³/mol. The summed E-state index contributed by atoms with van der Waals surface area (Å²) < 4.78 is 6.88. The first-order valence-corrected chi connectivity index (χ1v) is 10.3. The van der Waals surface area contributed by atoms with Crippen molar-refractivity contribution < 1.29 is 14.3 Å². The highest BCUT2D eigenvalue weighted by atomic mass is 32.1. The van der Waals surface area contributed by atoms with Gasteiger partial charge in [0.1, 0.15) is 15.5 Å². The number of nitrogens with one attached hydrogen (secondary N) is 1. The lowest BCUT2D eigenvalue weighted by atomic mass is 10.1. The minimum atomic E-state index is -0.613. The molecular formula is C21H21N3O4S. The number of thiophene rings is 1. The molecule has 1 amide bonds. The van der Waals surface area contributed by atoms with E-state index in [0.717, 1.165) is 35.6 Å². The quantitative estimate of drug-likeness (QED) is 0.652. The van der Waals surface area contributed by atoms with Gasteiger partial charge in [-0.15, -0.1) is 11.3 Å². The molecule has 0 spiro atoms. The summed E-state index contributed by atoms with van der Waals surface area (Å²) in [5.41, 5.74) is 1.42. The van der Waals surface area contributed by atoms with E-state index in [4.69, 9.17) is 4.74 Å². The van der Waals surface area contributed by atoms with Crippen LogP contribution in [-0.4, -0.2) is 28.0 Å². The molecule has 7 nitrogen and oxygen atoms in total. The first-order chi connectivity index (χ1) is 14.0. The summed E-state index contributed by atoms with van der Waals surface area (Å²) in [6.45, 7) is 3.86. The largest absolute Gasteiger partial charge is 0.451 e. The number of aromatic nitrogens is 2. The number of carbonyl (C=O) groups is 2. The third kappa shape index (κ3) is 3.67. The number of benzene rings is 1. The fraction of sp³-hybridized carbons (Fsp3) is 0.333. The maximum Gasteiger partial charge on any atom is 0.349 e. The molecule has 3 aromatic rings. The van der Waals surface area contributed by atoms with Gasteiger partial charge in [0, 0.05) is 13.0 Å². The molecule has 0 radical (unpaired) electrons. The highest BCUT2D eigenvalue weighted by Gasteiger charge is 2.24. The zero-order chi connectivity index (χ0) is 20.5. The first kappa shape index (κ1) is 19.3. The van der Waals surface area contributed by atoms with Crippen molar-refractivity contribution in [2.45, 2.75) is 39.3 Å². The Balaban J connectivity index is 1.46. The molecule has 1 aromatic carbocycles. The van der Waals surface area contributed by atoms with E-state index in [2.05, 4.69) is 10.3 Å². The molecule has 0 saturated heterocycles. The van der Waals surface area contributed by atoms with Crippen LogP contribution in [-0.2, 0) is 22.5 Å². The monoisotopic (exact) mass is 411 g/mol. The molecule has 1 N–H and O–H groups in total. The molecular weight excluding hydrogens is 390 g/mol. The van der Waals surface area contributed by atoms with Gasteiger partial charge in [0.25, 0.3) is 11.5 Å². The van der Waals surface area contributed by atoms with Crippen molar-refractivity contribution >= 4 is 33.4 Å². The lowest BCUT2D eigenvalue weighted by molar-refractivity contribution is -0.124. The average molecular weight is 411 g/mol. The van der Waals surface area contributed by atoms with Crippen molar-refractivity contribution in [1.82, 2.24) is 14.9 Å². The lowest BCUT2D eigenvalue weighted by Crippen LogP contribution is -2.31. The van der Waals surface area contributed by atoms with Crippen LogP contribution in [0, 0.1) is 6.92 Å². The number of esters is 1. The fourth-order valence-electron chi connectivity index (χ4n) is 3.57. The van der Waals surface area contributed by atoms with E-state index in [1.807, 2.05) is 37.3 Å². The van der Waals surface area contributed by atoms with Crippen LogP contribution in [0.4, 0.5) is 0 Å². The Labute approximate surface area is 171 Å². The van der Waals surface area contributed by atoms with Gasteiger partial charge in [-0.1, -0.05) is 30.3 Å². The van der Waals surface area contributed by atoms with Crippen molar-refractivity contribution in [2.75, 3.05) is 6.61 Å². The van der Waals surface area contributed by atoms with E-state index >= 15 is 0 Å². The van der Waals surface area contributed by atoms with E-state index in [-0.39, 0.29) is 24.1 Å². The van der Waals surface area contributed by atoms with Gasteiger partial charge >= 0.3 is 5.97 Å². The van der Waals surface area contributed by atoms with E-state index in [0.29, 0.717) is 27.2 Å². The smallest absolute Gasteiger partial charge is 0.349 e. The fourth-order valence-corrected chi connectivity index (χ4v) is 4.66. The molecule has 1 aliphatic rings. The Morgan fingerprint density at radius 3 is 2.83 bits per heavy atom. The summed E-state index contributed by atoms with van der Waals surface area (Å²) in [6, 6.07) is 9.34. The number of carbonyl (C=O) groups excluding carboxylic acids is 2. The molecule has 0 aliphatic carbocycles. The molecule has 29 heavy (non-hydrogen) atoms. The minimum Gasteiger partial charge on any atom is -0.451 e. The molecule has 0 bridgehead atoms. The molecule has 0 fully saturated rings. The summed E-state index contributed by atoms with van der Waals surface area (Å²) in [7, 11) is 0. The number of amides is 1. The van der Waals surface area contributed by atoms with Gasteiger partial charge < -0.3 is 10.1 Å². The second-order valence-corrected chi connectivity index (χ2v) is 8.10. The van der Waals surface area contributed by atoms with Crippen LogP contribution >= 0.6 is 11.3 Å². The van der Waals surface area contributed by atoms with Gasteiger partial charge in [0.05, 0.1) is 11.4 Å². The molecule has 4 rings (SSSR count). The van der Waals surface area contributed by atoms with Crippen molar-refractivity contribution in [1.29, 1.82) is 0 Å². The topological polar surface area (TPSA) is 90.3 Å². The van der Waals surface area contributed by atoms with Gasteiger partial charge in [0.15, 0.2) is 6.61 Å². The molecule has 1 aliphatic heterocycles. The highest BCUT2D eigenvalue weighted by molar-refractivity contribution is 7.20. The normalized spacial score (nSPS) is 13.9. The highest BCUT2D eigenvalue weighted by Crippen LogP contribution is 2.29. The summed E-state index contributed by atoms with van der Waals surface area (Å²) in [5, 5.41) is 3.27. The van der Waals surface area contributed by atoms with Gasteiger partial charge in [-0.05, 0) is 31.4 Å². The Morgan fingerprint density at radius 1 is 1.31 bits per heavy atom. The standard InChI is InChI=1S/C21H21N3O4S/c1-12-17-19(23-15-9-6-10-24(15)20(17)26)29-18(12)21(27)28-11-16(25)22-13(2)14-7-4-3-5-8-14/h3-5,7-8,13H,6,9-11H2,1-2H3,(H,22,25)/t13-/m0/s1. The number of rotatable bonds is 5. The number of aryl methyl sites for hydroxylation is 2. The van der Waals surface area contributed by atoms with Crippen molar-refractivity contribution in [3.63, 3.8) is 0 Å². The van der Waals surface area contributed by atoms with Crippen LogP contribution in [0.2, 0.25) is 0 Å². The van der Waals surface area contributed by atoms with E-state index in [9.17, 15) is 14.4 Å². The summed E-state index contributed by atoms with van der Waals surface area (Å²) in [6.07, 6.45) is 1.67. The van der Waals surface area contributed by atoms with Crippen LogP contribution in [0.15, 0.2) is 35.1 Å². The summed E-state index contributed by atoms with van der Waals surface area (Å²) in [4.78, 5) is 42.8. The van der Waals surface area contributed by atoms with E-state index < -0.39 is 5.97 Å². The Morgan fingerprint density at radius 2 is 2.07 bits per heavy atom. The Kier molecular flexibility index (Phi) is 5.19. The third-order valence-electron chi connectivity index (χ3n) is 5.11. The van der Waals surface area contributed by atoms with Crippen LogP contribution in [0.25, 0.3) is 10.2 Å². The maximum absolute atomic E-state index is 12.7. The van der Waals surface area contributed by atoms with Gasteiger partial charge in [-0.25, -0.2) is 9.78 Å². The average Bonchev–Trinajstić information content (AvgIpc) is 3.32. The summed E-state index contributed by atoms with van der Waals surface area (Å²) >= 11 is 1.14. The van der Waals surface area contributed by atoms with Crippen molar-refractivity contribution in [2.24, 2.45) is 0 Å². The van der Waals surface area contributed by atoms with Crippen LogP contribution in [0.1, 0.15) is 46.0 Å². The molecule has 0 unspecified atom stereocenters. The van der Waals surface area contributed by atoms with Gasteiger partial charge in [0.2, 0.25) is 0 Å². The van der Waals surface area contributed by atoms with Crippen LogP contribution < -0.4 is 10.9 Å². The molecule has 0 saturated carbocycles. The first-order valence-electron chi connectivity index (χ1n) is 9.50. The third-order valence-corrected chi connectivity index (χ3v) is 6.27. The van der Waals surface area contributed by atoms with E-state index in [1.54, 1.807) is 11.5 Å². The Hall–Kier alpha value is -3.00. The number of fused-ring (bicyclic) bond motifs is 2. The molecule has 2 aromatic heterocycles. The molecule has 1 atom stereocenters.